The normalized spacial score (nSPS) is 12.4. The van der Waals surface area contributed by atoms with E-state index in [1.165, 1.54) is 5.56 Å². The van der Waals surface area contributed by atoms with Crippen molar-refractivity contribution < 1.29 is 9.15 Å². The van der Waals surface area contributed by atoms with Gasteiger partial charge in [-0.3, -0.25) is 0 Å². The van der Waals surface area contributed by atoms with Crippen molar-refractivity contribution in [3.63, 3.8) is 0 Å². The molecule has 1 unspecified atom stereocenters. The molecule has 1 heterocycles. The monoisotopic (exact) mass is 231 g/mol. The minimum absolute atomic E-state index is 0.0540. The zero-order valence-corrected chi connectivity index (χ0v) is 9.93. The van der Waals surface area contributed by atoms with Crippen molar-refractivity contribution in [2.75, 3.05) is 6.61 Å². The molecule has 90 valence electrons. The molecule has 3 heteroatoms. The second-order valence-corrected chi connectivity index (χ2v) is 4.17. The summed E-state index contributed by atoms with van der Waals surface area (Å²) >= 11 is 0. The SMILES string of the molecule is Cc1cccc(OCC(N)Cc2ccco2)c1. The van der Waals surface area contributed by atoms with Gasteiger partial charge in [-0.1, -0.05) is 12.1 Å². The molecule has 0 saturated carbocycles. The molecule has 17 heavy (non-hydrogen) atoms. The molecule has 0 fully saturated rings. The van der Waals surface area contributed by atoms with Crippen LogP contribution in [-0.4, -0.2) is 12.6 Å². The van der Waals surface area contributed by atoms with Crippen LogP contribution in [0.25, 0.3) is 0 Å². The molecule has 2 N–H and O–H groups in total. The maximum atomic E-state index is 5.97. The summed E-state index contributed by atoms with van der Waals surface area (Å²) in [5.41, 5.74) is 7.15. The van der Waals surface area contributed by atoms with E-state index in [0.29, 0.717) is 13.0 Å². The fraction of sp³-hybridized carbons (Fsp3) is 0.286. The van der Waals surface area contributed by atoms with Gasteiger partial charge in [0, 0.05) is 12.5 Å². The van der Waals surface area contributed by atoms with Crippen molar-refractivity contribution in [2.24, 2.45) is 5.73 Å². The van der Waals surface area contributed by atoms with E-state index >= 15 is 0 Å². The molecule has 0 aliphatic rings. The standard InChI is InChI=1S/C14H17NO2/c1-11-4-2-5-13(8-11)17-10-12(15)9-14-6-3-7-16-14/h2-8,12H,9-10,15H2,1H3. The first kappa shape index (κ1) is 11.7. The molecule has 0 radical (unpaired) electrons. The molecule has 0 spiro atoms. The lowest BCUT2D eigenvalue weighted by atomic mass is 10.2. The first-order chi connectivity index (χ1) is 8.24. The molecular formula is C14H17NO2. The highest BCUT2D eigenvalue weighted by atomic mass is 16.5. The van der Waals surface area contributed by atoms with Gasteiger partial charge in [-0.25, -0.2) is 0 Å². The Balaban J connectivity index is 1.82. The van der Waals surface area contributed by atoms with Crippen LogP contribution >= 0.6 is 0 Å². The van der Waals surface area contributed by atoms with E-state index < -0.39 is 0 Å². The summed E-state index contributed by atoms with van der Waals surface area (Å²) in [6, 6.07) is 11.7. The maximum Gasteiger partial charge on any atom is 0.119 e. The Labute approximate surface area is 101 Å². The highest BCUT2D eigenvalue weighted by molar-refractivity contribution is 5.27. The molecular weight excluding hydrogens is 214 g/mol. The number of nitrogens with two attached hydrogens (primary N) is 1. The third-order valence-electron chi connectivity index (χ3n) is 2.50. The van der Waals surface area contributed by atoms with Gasteiger partial charge in [0.2, 0.25) is 0 Å². The maximum absolute atomic E-state index is 5.97. The van der Waals surface area contributed by atoms with E-state index in [1.807, 2.05) is 43.3 Å². The van der Waals surface area contributed by atoms with E-state index in [4.69, 9.17) is 14.9 Å². The smallest absolute Gasteiger partial charge is 0.119 e. The van der Waals surface area contributed by atoms with Gasteiger partial charge in [0.05, 0.1) is 6.26 Å². The minimum atomic E-state index is -0.0540. The van der Waals surface area contributed by atoms with Gasteiger partial charge in [-0.2, -0.15) is 0 Å². The van der Waals surface area contributed by atoms with E-state index in [-0.39, 0.29) is 6.04 Å². The minimum Gasteiger partial charge on any atom is -0.492 e. The molecule has 1 atom stereocenters. The van der Waals surface area contributed by atoms with E-state index in [9.17, 15) is 0 Å². The summed E-state index contributed by atoms with van der Waals surface area (Å²) in [5, 5.41) is 0. The number of rotatable bonds is 5. The molecule has 0 bridgehead atoms. The number of hydrogen-bond donors (Lipinski definition) is 1. The van der Waals surface area contributed by atoms with Crippen molar-refractivity contribution in [1.82, 2.24) is 0 Å². The predicted molar refractivity (Wildman–Crippen MR) is 67.1 cm³/mol. The number of aryl methyl sites for hydroxylation is 1. The van der Waals surface area contributed by atoms with Crippen molar-refractivity contribution in [3.8, 4) is 5.75 Å². The van der Waals surface area contributed by atoms with Crippen LogP contribution < -0.4 is 10.5 Å². The molecule has 0 aliphatic carbocycles. The first-order valence-electron chi connectivity index (χ1n) is 5.71. The Morgan fingerprint density at radius 2 is 2.18 bits per heavy atom. The fourth-order valence-corrected chi connectivity index (χ4v) is 1.65. The number of hydrogen-bond acceptors (Lipinski definition) is 3. The molecule has 0 amide bonds. The Morgan fingerprint density at radius 3 is 2.88 bits per heavy atom. The lowest BCUT2D eigenvalue weighted by Gasteiger charge is -2.12. The Morgan fingerprint density at radius 1 is 1.29 bits per heavy atom. The van der Waals surface area contributed by atoms with Gasteiger partial charge >= 0.3 is 0 Å². The quantitative estimate of drug-likeness (QED) is 0.860. The van der Waals surface area contributed by atoms with Crippen LogP contribution in [0.2, 0.25) is 0 Å². The number of benzene rings is 1. The number of ether oxygens (including phenoxy) is 1. The van der Waals surface area contributed by atoms with Crippen molar-refractivity contribution in [3.05, 3.63) is 54.0 Å². The average Bonchev–Trinajstić information content (AvgIpc) is 2.79. The fourth-order valence-electron chi connectivity index (χ4n) is 1.65. The van der Waals surface area contributed by atoms with Gasteiger partial charge in [0.1, 0.15) is 18.1 Å². The summed E-state index contributed by atoms with van der Waals surface area (Å²) < 4.78 is 10.9. The zero-order chi connectivity index (χ0) is 12.1. The van der Waals surface area contributed by atoms with Crippen LogP contribution in [-0.2, 0) is 6.42 Å². The summed E-state index contributed by atoms with van der Waals surface area (Å²) in [7, 11) is 0. The van der Waals surface area contributed by atoms with Crippen LogP contribution in [0.5, 0.6) is 5.75 Å². The van der Waals surface area contributed by atoms with Crippen molar-refractivity contribution >= 4 is 0 Å². The molecule has 2 aromatic rings. The molecule has 0 aliphatic heterocycles. The van der Waals surface area contributed by atoms with Crippen LogP contribution in [0.4, 0.5) is 0 Å². The molecule has 3 nitrogen and oxygen atoms in total. The molecule has 0 saturated heterocycles. The van der Waals surface area contributed by atoms with Crippen LogP contribution in [0.1, 0.15) is 11.3 Å². The van der Waals surface area contributed by atoms with Gasteiger partial charge in [-0.15, -0.1) is 0 Å². The third-order valence-corrected chi connectivity index (χ3v) is 2.50. The van der Waals surface area contributed by atoms with Crippen LogP contribution in [0.15, 0.2) is 47.1 Å². The second kappa shape index (κ2) is 5.55. The van der Waals surface area contributed by atoms with Crippen molar-refractivity contribution in [2.45, 2.75) is 19.4 Å². The molecule has 1 aromatic heterocycles. The van der Waals surface area contributed by atoms with Crippen LogP contribution in [0, 0.1) is 6.92 Å². The summed E-state index contributed by atoms with van der Waals surface area (Å²) in [6.07, 6.45) is 2.35. The number of furan rings is 1. The summed E-state index contributed by atoms with van der Waals surface area (Å²) in [4.78, 5) is 0. The van der Waals surface area contributed by atoms with E-state index in [0.717, 1.165) is 11.5 Å². The summed E-state index contributed by atoms with van der Waals surface area (Å²) in [5.74, 6) is 1.75. The van der Waals surface area contributed by atoms with Gasteiger partial charge < -0.3 is 14.9 Å². The zero-order valence-electron chi connectivity index (χ0n) is 9.93. The highest BCUT2D eigenvalue weighted by Gasteiger charge is 2.07. The van der Waals surface area contributed by atoms with Gasteiger partial charge in [-0.05, 0) is 36.8 Å². The Kier molecular flexibility index (Phi) is 3.83. The largest absolute Gasteiger partial charge is 0.492 e. The second-order valence-electron chi connectivity index (χ2n) is 4.17. The van der Waals surface area contributed by atoms with Crippen LogP contribution in [0.3, 0.4) is 0 Å². The highest BCUT2D eigenvalue weighted by Crippen LogP contribution is 2.13. The lowest BCUT2D eigenvalue weighted by molar-refractivity contribution is 0.281. The molecule has 1 aromatic carbocycles. The first-order valence-corrected chi connectivity index (χ1v) is 5.71. The lowest BCUT2D eigenvalue weighted by Crippen LogP contribution is -2.30. The van der Waals surface area contributed by atoms with Gasteiger partial charge in [0.15, 0.2) is 0 Å². The Bertz CT molecular complexity index is 451. The van der Waals surface area contributed by atoms with E-state index in [2.05, 4.69) is 0 Å². The van der Waals surface area contributed by atoms with Crippen molar-refractivity contribution in [1.29, 1.82) is 0 Å². The topological polar surface area (TPSA) is 48.4 Å². The van der Waals surface area contributed by atoms with Gasteiger partial charge in [0.25, 0.3) is 0 Å². The average molecular weight is 231 g/mol. The van der Waals surface area contributed by atoms with E-state index in [1.54, 1.807) is 6.26 Å². The summed E-state index contributed by atoms with van der Waals surface area (Å²) in [6.45, 7) is 2.53. The predicted octanol–water partition coefficient (Wildman–Crippen LogP) is 2.54. The third kappa shape index (κ3) is 3.64. The Hall–Kier alpha value is -1.74. The molecule has 2 rings (SSSR count).